The third-order valence-corrected chi connectivity index (χ3v) is 3.77. The molecule has 0 saturated heterocycles. The standard InChI is InChI=1S/C17H26N6O/c1-17(2,3)14(11-23-9-8-18-12-23)21-16(24)20-13-6-7-15(19-10-13)22(4)5/h6-10,12,14H,11H2,1-5H3,(H2,20,21,24). The van der Waals surface area contributed by atoms with Gasteiger partial charge in [0.2, 0.25) is 0 Å². The summed E-state index contributed by atoms with van der Waals surface area (Å²) in [7, 11) is 3.85. The van der Waals surface area contributed by atoms with E-state index in [1.54, 1.807) is 18.7 Å². The number of anilines is 2. The fraction of sp³-hybridized carbons (Fsp3) is 0.471. The molecule has 0 radical (unpaired) electrons. The smallest absolute Gasteiger partial charge is 0.319 e. The van der Waals surface area contributed by atoms with E-state index >= 15 is 0 Å². The van der Waals surface area contributed by atoms with Gasteiger partial charge < -0.3 is 20.1 Å². The Morgan fingerprint density at radius 1 is 1.33 bits per heavy atom. The zero-order chi connectivity index (χ0) is 17.7. The topological polar surface area (TPSA) is 75.1 Å². The first-order chi connectivity index (χ1) is 11.3. The molecule has 0 bridgehead atoms. The lowest BCUT2D eigenvalue weighted by molar-refractivity contribution is 0.218. The molecule has 0 aliphatic heterocycles. The molecule has 0 spiro atoms. The Morgan fingerprint density at radius 2 is 2.08 bits per heavy atom. The molecule has 2 rings (SSSR count). The molecule has 0 aromatic carbocycles. The lowest BCUT2D eigenvalue weighted by Gasteiger charge is -2.31. The predicted octanol–water partition coefficient (Wildman–Crippen LogP) is 2.58. The second kappa shape index (κ2) is 7.33. The molecule has 1 atom stereocenters. The highest BCUT2D eigenvalue weighted by atomic mass is 16.2. The first-order valence-electron chi connectivity index (χ1n) is 7.92. The number of aromatic nitrogens is 3. The number of carbonyl (C=O) groups excluding carboxylic acids is 1. The molecule has 24 heavy (non-hydrogen) atoms. The average Bonchev–Trinajstić information content (AvgIpc) is 2.99. The Hall–Kier alpha value is -2.57. The van der Waals surface area contributed by atoms with Crippen molar-refractivity contribution in [2.24, 2.45) is 5.41 Å². The lowest BCUT2D eigenvalue weighted by Crippen LogP contribution is -2.47. The molecule has 0 aliphatic carbocycles. The van der Waals surface area contributed by atoms with Crippen molar-refractivity contribution in [3.63, 3.8) is 0 Å². The van der Waals surface area contributed by atoms with Crippen LogP contribution in [0.25, 0.3) is 0 Å². The Balaban J connectivity index is 1.99. The zero-order valence-electron chi connectivity index (χ0n) is 14.9. The van der Waals surface area contributed by atoms with Crippen LogP contribution in [0, 0.1) is 5.41 Å². The van der Waals surface area contributed by atoms with Crippen LogP contribution >= 0.6 is 0 Å². The fourth-order valence-electron chi connectivity index (χ4n) is 2.19. The maximum Gasteiger partial charge on any atom is 0.319 e. The van der Waals surface area contributed by atoms with E-state index in [-0.39, 0.29) is 17.5 Å². The van der Waals surface area contributed by atoms with Crippen molar-refractivity contribution >= 4 is 17.5 Å². The number of urea groups is 1. The Kier molecular flexibility index (Phi) is 5.43. The van der Waals surface area contributed by atoms with Crippen molar-refractivity contribution in [2.45, 2.75) is 33.4 Å². The molecule has 0 saturated carbocycles. The van der Waals surface area contributed by atoms with Crippen LogP contribution in [0.4, 0.5) is 16.3 Å². The summed E-state index contributed by atoms with van der Waals surface area (Å²) in [4.78, 5) is 22.6. The van der Waals surface area contributed by atoms with Crippen LogP contribution in [0.2, 0.25) is 0 Å². The first-order valence-corrected chi connectivity index (χ1v) is 7.92. The molecular weight excluding hydrogens is 304 g/mol. The minimum absolute atomic E-state index is 0.0410. The quantitative estimate of drug-likeness (QED) is 0.883. The van der Waals surface area contributed by atoms with Gasteiger partial charge in [-0.2, -0.15) is 0 Å². The van der Waals surface area contributed by atoms with Crippen LogP contribution in [0.3, 0.4) is 0 Å². The van der Waals surface area contributed by atoms with Crippen LogP contribution in [-0.4, -0.2) is 40.7 Å². The fourth-order valence-corrected chi connectivity index (χ4v) is 2.19. The van der Waals surface area contributed by atoms with Crippen molar-refractivity contribution in [1.29, 1.82) is 0 Å². The number of amides is 2. The average molecular weight is 330 g/mol. The summed E-state index contributed by atoms with van der Waals surface area (Å²) in [5.41, 5.74) is 0.572. The number of nitrogens with one attached hydrogen (secondary N) is 2. The second-order valence-corrected chi connectivity index (χ2v) is 7.08. The first kappa shape index (κ1) is 17.8. The van der Waals surface area contributed by atoms with Crippen molar-refractivity contribution in [3.8, 4) is 0 Å². The number of imidazole rings is 1. The van der Waals surface area contributed by atoms with Gasteiger partial charge in [-0.05, 0) is 17.5 Å². The highest BCUT2D eigenvalue weighted by molar-refractivity contribution is 5.89. The van der Waals surface area contributed by atoms with Gasteiger partial charge in [0, 0.05) is 33.0 Å². The number of carbonyl (C=O) groups is 1. The maximum absolute atomic E-state index is 12.3. The van der Waals surface area contributed by atoms with Gasteiger partial charge in [0.1, 0.15) is 5.82 Å². The van der Waals surface area contributed by atoms with Crippen LogP contribution < -0.4 is 15.5 Å². The number of hydrogen-bond donors (Lipinski definition) is 2. The molecule has 2 aromatic heterocycles. The monoisotopic (exact) mass is 330 g/mol. The van der Waals surface area contributed by atoms with Gasteiger partial charge in [-0.3, -0.25) is 0 Å². The van der Waals surface area contributed by atoms with Crippen LogP contribution in [0.1, 0.15) is 20.8 Å². The van der Waals surface area contributed by atoms with Crippen molar-refractivity contribution < 1.29 is 4.79 Å². The summed E-state index contributed by atoms with van der Waals surface area (Å²) in [6.07, 6.45) is 7.03. The third-order valence-electron chi connectivity index (χ3n) is 3.77. The number of rotatable bonds is 5. The van der Waals surface area contributed by atoms with E-state index < -0.39 is 0 Å². The summed E-state index contributed by atoms with van der Waals surface area (Å²) in [5, 5.41) is 5.88. The second-order valence-electron chi connectivity index (χ2n) is 7.08. The van der Waals surface area contributed by atoms with Gasteiger partial charge in [-0.15, -0.1) is 0 Å². The van der Waals surface area contributed by atoms with Crippen molar-refractivity contribution in [3.05, 3.63) is 37.1 Å². The van der Waals surface area contributed by atoms with E-state index in [1.807, 2.05) is 41.9 Å². The number of pyridine rings is 1. The minimum Gasteiger partial charge on any atom is -0.363 e. The molecule has 0 fully saturated rings. The summed E-state index contributed by atoms with van der Waals surface area (Å²) >= 11 is 0. The van der Waals surface area contributed by atoms with E-state index in [4.69, 9.17) is 0 Å². The van der Waals surface area contributed by atoms with Crippen LogP contribution in [0.15, 0.2) is 37.1 Å². The summed E-state index contributed by atoms with van der Waals surface area (Å²) in [5.74, 6) is 0.841. The predicted molar refractivity (Wildman–Crippen MR) is 96.2 cm³/mol. The van der Waals surface area contributed by atoms with Gasteiger partial charge in [-0.1, -0.05) is 20.8 Å². The number of nitrogens with zero attached hydrogens (tertiary/aromatic N) is 4. The van der Waals surface area contributed by atoms with Crippen LogP contribution in [-0.2, 0) is 6.54 Å². The Labute approximate surface area is 143 Å². The van der Waals surface area contributed by atoms with Gasteiger partial charge in [0.15, 0.2) is 0 Å². The molecule has 130 valence electrons. The molecule has 2 heterocycles. The lowest BCUT2D eigenvalue weighted by atomic mass is 9.86. The zero-order valence-corrected chi connectivity index (χ0v) is 14.9. The minimum atomic E-state index is -0.241. The van der Waals surface area contributed by atoms with Crippen molar-refractivity contribution in [2.75, 3.05) is 24.3 Å². The molecule has 2 aromatic rings. The SMILES string of the molecule is CN(C)c1ccc(NC(=O)NC(Cn2ccnc2)C(C)(C)C)cn1. The van der Waals surface area contributed by atoms with Gasteiger partial charge in [0.05, 0.1) is 24.3 Å². The Bertz CT molecular complexity index is 643. The molecule has 2 N–H and O–H groups in total. The normalized spacial score (nSPS) is 12.5. The molecule has 7 nitrogen and oxygen atoms in total. The highest BCUT2D eigenvalue weighted by Crippen LogP contribution is 2.21. The highest BCUT2D eigenvalue weighted by Gasteiger charge is 2.26. The van der Waals surface area contributed by atoms with E-state index in [2.05, 4.69) is 41.4 Å². The van der Waals surface area contributed by atoms with E-state index in [1.165, 1.54) is 0 Å². The number of hydrogen-bond acceptors (Lipinski definition) is 4. The summed E-state index contributed by atoms with van der Waals surface area (Å²) in [6, 6.07) is 3.42. The van der Waals surface area contributed by atoms with Crippen molar-refractivity contribution in [1.82, 2.24) is 19.9 Å². The maximum atomic E-state index is 12.3. The molecule has 7 heteroatoms. The summed E-state index contributed by atoms with van der Waals surface area (Å²) < 4.78 is 1.96. The van der Waals surface area contributed by atoms with Gasteiger partial charge in [-0.25, -0.2) is 14.8 Å². The van der Waals surface area contributed by atoms with E-state index in [0.29, 0.717) is 12.2 Å². The van der Waals surface area contributed by atoms with E-state index in [0.717, 1.165) is 5.82 Å². The van der Waals surface area contributed by atoms with Gasteiger partial charge >= 0.3 is 6.03 Å². The molecule has 2 amide bonds. The molecular formula is C17H26N6O. The summed E-state index contributed by atoms with van der Waals surface area (Å²) in [6.45, 7) is 6.96. The third kappa shape index (κ3) is 4.97. The van der Waals surface area contributed by atoms with Crippen LogP contribution in [0.5, 0.6) is 0 Å². The van der Waals surface area contributed by atoms with E-state index in [9.17, 15) is 4.79 Å². The Morgan fingerprint density at radius 3 is 2.58 bits per heavy atom. The molecule has 1 unspecified atom stereocenters. The molecule has 0 aliphatic rings. The van der Waals surface area contributed by atoms with Gasteiger partial charge in [0.25, 0.3) is 0 Å². The largest absolute Gasteiger partial charge is 0.363 e.